The van der Waals surface area contributed by atoms with E-state index in [2.05, 4.69) is 19.8 Å². The number of morpholine rings is 1. The van der Waals surface area contributed by atoms with Gasteiger partial charge in [0, 0.05) is 19.6 Å². The SMILES string of the molecule is Cc1nc(Cl)nc2c1N(CC1CC1)CC1COCCN21. The Labute approximate surface area is 123 Å². The second-order valence-corrected chi connectivity index (χ2v) is 6.36. The Balaban J connectivity index is 1.76. The quantitative estimate of drug-likeness (QED) is 0.779. The summed E-state index contributed by atoms with van der Waals surface area (Å²) in [6.45, 7) is 6.59. The minimum atomic E-state index is 0.347. The first kappa shape index (κ1) is 12.7. The second kappa shape index (κ2) is 4.74. The molecule has 1 saturated carbocycles. The fraction of sp³-hybridized carbons (Fsp3) is 0.714. The molecule has 3 heterocycles. The maximum atomic E-state index is 6.08. The monoisotopic (exact) mass is 294 g/mol. The van der Waals surface area contributed by atoms with E-state index in [0.29, 0.717) is 11.3 Å². The van der Waals surface area contributed by atoms with Crippen molar-refractivity contribution >= 4 is 23.1 Å². The Bertz CT molecular complexity index is 534. The van der Waals surface area contributed by atoms with E-state index in [-0.39, 0.29) is 0 Å². The van der Waals surface area contributed by atoms with Gasteiger partial charge >= 0.3 is 0 Å². The number of hydrogen-bond donors (Lipinski definition) is 0. The number of nitrogens with zero attached hydrogens (tertiary/aromatic N) is 4. The van der Waals surface area contributed by atoms with Crippen molar-refractivity contribution in [2.75, 3.05) is 42.6 Å². The normalized spacial score (nSPS) is 25.4. The molecule has 1 aliphatic carbocycles. The fourth-order valence-corrected chi connectivity index (χ4v) is 3.50. The average Bonchev–Trinajstić information content (AvgIpc) is 3.22. The molecule has 1 aromatic rings. The number of aromatic nitrogens is 2. The maximum absolute atomic E-state index is 6.08. The van der Waals surface area contributed by atoms with E-state index in [1.807, 2.05) is 6.92 Å². The van der Waals surface area contributed by atoms with Gasteiger partial charge in [-0.25, -0.2) is 4.98 Å². The van der Waals surface area contributed by atoms with Crippen molar-refractivity contribution < 1.29 is 4.74 Å². The van der Waals surface area contributed by atoms with E-state index in [0.717, 1.165) is 50.3 Å². The third kappa shape index (κ3) is 2.13. The zero-order valence-corrected chi connectivity index (χ0v) is 12.4. The summed E-state index contributed by atoms with van der Waals surface area (Å²) in [5.41, 5.74) is 2.17. The number of rotatable bonds is 2. The lowest BCUT2D eigenvalue weighted by Crippen LogP contribution is -2.56. The van der Waals surface area contributed by atoms with E-state index >= 15 is 0 Å². The highest BCUT2D eigenvalue weighted by Gasteiger charge is 2.37. The molecule has 4 rings (SSSR count). The lowest BCUT2D eigenvalue weighted by Gasteiger charge is -2.46. The summed E-state index contributed by atoms with van der Waals surface area (Å²) in [5.74, 6) is 1.84. The summed E-state index contributed by atoms with van der Waals surface area (Å²) in [4.78, 5) is 13.7. The van der Waals surface area contributed by atoms with Crippen molar-refractivity contribution in [3.05, 3.63) is 11.0 Å². The maximum Gasteiger partial charge on any atom is 0.224 e. The van der Waals surface area contributed by atoms with Gasteiger partial charge in [0.15, 0.2) is 5.82 Å². The predicted molar refractivity (Wildman–Crippen MR) is 78.7 cm³/mol. The molecule has 6 heteroatoms. The van der Waals surface area contributed by atoms with Crippen molar-refractivity contribution in [3.63, 3.8) is 0 Å². The highest BCUT2D eigenvalue weighted by atomic mass is 35.5. The number of halogens is 1. The van der Waals surface area contributed by atoms with Gasteiger partial charge in [-0.05, 0) is 37.3 Å². The van der Waals surface area contributed by atoms with Crippen LogP contribution in [0.15, 0.2) is 0 Å². The number of ether oxygens (including phenoxy) is 1. The van der Waals surface area contributed by atoms with Gasteiger partial charge in [-0.2, -0.15) is 4.98 Å². The first-order chi connectivity index (χ1) is 9.72. The van der Waals surface area contributed by atoms with Crippen LogP contribution in [-0.2, 0) is 4.74 Å². The highest BCUT2D eigenvalue weighted by molar-refractivity contribution is 6.28. The molecule has 0 aromatic carbocycles. The Hall–Kier alpha value is -1.07. The average molecular weight is 295 g/mol. The Morgan fingerprint density at radius 2 is 2.20 bits per heavy atom. The van der Waals surface area contributed by atoms with E-state index < -0.39 is 0 Å². The predicted octanol–water partition coefficient (Wildman–Crippen LogP) is 1.87. The fourth-order valence-electron chi connectivity index (χ4n) is 3.30. The van der Waals surface area contributed by atoms with Crippen LogP contribution < -0.4 is 9.80 Å². The van der Waals surface area contributed by atoms with Gasteiger partial charge in [-0.15, -0.1) is 0 Å². The van der Waals surface area contributed by atoms with Gasteiger partial charge in [0.25, 0.3) is 0 Å². The van der Waals surface area contributed by atoms with Crippen LogP contribution in [0.4, 0.5) is 11.5 Å². The summed E-state index contributed by atoms with van der Waals surface area (Å²) in [6.07, 6.45) is 2.70. The van der Waals surface area contributed by atoms with Crippen molar-refractivity contribution in [1.82, 2.24) is 9.97 Å². The van der Waals surface area contributed by atoms with Crippen LogP contribution in [-0.4, -0.2) is 48.9 Å². The molecule has 2 aliphatic heterocycles. The van der Waals surface area contributed by atoms with Crippen molar-refractivity contribution in [3.8, 4) is 0 Å². The summed E-state index contributed by atoms with van der Waals surface area (Å²) < 4.78 is 5.64. The summed E-state index contributed by atoms with van der Waals surface area (Å²) in [7, 11) is 0. The molecular weight excluding hydrogens is 276 g/mol. The van der Waals surface area contributed by atoms with Crippen molar-refractivity contribution in [2.45, 2.75) is 25.8 Å². The zero-order chi connectivity index (χ0) is 13.7. The molecule has 0 amide bonds. The van der Waals surface area contributed by atoms with Gasteiger partial charge in [0.2, 0.25) is 5.28 Å². The first-order valence-electron chi connectivity index (χ1n) is 7.36. The number of aryl methyl sites for hydroxylation is 1. The van der Waals surface area contributed by atoms with Gasteiger partial charge in [0.1, 0.15) is 5.69 Å². The third-order valence-corrected chi connectivity index (χ3v) is 4.60. The Morgan fingerprint density at radius 3 is 3.00 bits per heavy atom. The van der Waals surface area contributed by atoms with Gasteiger partial charge in [-0.1, -0.05) is 0 Å². The largest absolute Gasteiger partial charge is 0.377 e. The van der Waals surface area contributed by atoms with Crippen LogP contribution >= 0.6 is 11.6 Å². The first-order valence-corrected chi connectivity index (χ1v) is 7.73. The number of fused-ring (bicyclic) bond motifs is 3. The van der Waals surface area contributed by atoms with Crippen LogP contribution in [0.5, 0.6) is 0 Å². The standard InChI is InChI=1S/C14H19ClN4O/c1-9-12-13(17-14(15)16-9)19-4-5-20-8-11(19)7-18(12)6-10-2-3-10/h10-11H,2-8H2,1H3. The molecule has 1 unspecified atom stereocenters. The van der Waals surface area contributed by atoms with E-state index in [9.17, 15) is 0 Å². The molecule has 20 heavy (non-hydrogen) atoms. The lowest BCUT2D eigenvalue weighted by molar-refractivity contribution is 0.0936. The molecule has 0 radical (unpaired) electrons. The molecule has 0 spiro atoms. The molecule has 1 saturated heterocycles. The zero-order valence-electron chi connectivity index (χ0n) is 11.7. The van der Waals surface area contributed by atoms with Crippen LogP contribution in [0.25, 0.3) is 0 Å². The Kier molecular flexibility index (Phi) is 3.00. The highest BCUT2D eigenvalue weighted by Crippen LogP contribution is 2.40. The molecule has 3 aliphatic rings. The third-order valence-electron chi connectivity index (χ3n) is 4.44. The van der Waals surface area contributed by atoms with Crippen molar-refractivity contribution in [1.29, 1.82) is 0 Å². The number of anilines is 2. The van der Waals surface area contributed by atoms with Crippen LogP contribution in [0.1, 0.15) is 18.5 Å². The topological polar surface area (TPSA) is 41.5 Å². The number of hydrogen-bond acceptors (Lipinski definition) is 5. The van der Waals surface area contributed by atoms with Crippen LogP contribution in [0, 0.1) is 12.8 Å². The molecule has 108 valence electrons. The molecule has 5 nitrogen and oxygen atoms in total. The molecule has 1 atom stereocenters. The van der Waals surface area contributed by atoms with Gasteiger partial charge in [0.05, 0.1) is 24.9 Å². The second-order valence-electron chi connectivity index (χ2n) is 6.02. The summed E-state index contributed by atoms with van der Waals surface area (Å²) >= 11 is 6.08. The van der Waals surface area contributed by atoms with Crippen molar-refractivity contribution in [2.24, 2.45) is 5.92 Å². The molecular formula is C14H19ClN4O. The van der Waals surface area contributed by atoms with Gasteiger partial charge < -0.3 is 14.5 Å². The molecule has 0 N–H and O–H groups in total. The lowest BCUT2D eigenvalue weighted by atomic mass is 10.1. The molecule has 2 fully saturated rings. The summed E-state index contributed by atoms with van der Waals surface area (Å²) in [6, 6.07) is 0.389. The van der Waals surface area contributed by atoms with E-state index in [1.54, 1.807) is 0 Å². The van der Waals surface area contributed by atoms with Crippen LogP contribution in [0.3, 0.4) is 0 Å². The molecule has 1 aromatic heterocycles. The summed E-state index contributed by atoms with van der Waals surface area (Å²) in [5, 5.41) is 0.347. The smallest absolute Gasteiger partial charge is 0.224 e. The minimum Gasteiger partial charge on any atom is -0.377 e. The van der Waals surface area contributed by atoms with E-state index in [1.165, 1.54) is 18.5 Å². The van der Waals surface area contributed by atoms with Crippen LogP contribution in [0.2, 0.25) is 5.28 Å². The van der Waals surface area contributed by atoms with E-state index in [4.69, 9.17) is 16.3 Å². The van der Waals surface area contributed by atoms with Gasteiger partial charge in [-0.3, -0.25) is 0 Å². The molecule has 0 bridgehead atoms. The minimum absolute atomic E-state index is 0.347. The Morgan fingerprint density at radius 1 is 1.35 bits per heavy atom.